The first-order valence-corrected chi connectivity index (χ1v) is 13.0. The molecule has 7 nitrogen and oxygen atoms in total. The summed E-state index contributed by atoms with van der Waals surface area (Å²) < 4.78 is 5.60. The fraction of sp³-hybridized carbons (Fsp3) is 0.423. The van der Waals surface area contributed by atoms with Crippen molar-refractivity contribution in [3.05, 3.63) is 59.7 Å². The molecule has 34 heavy (non-hydrogen) atoms. The van der Waals surface area contributed by atoms with Crippen LogP contribution in [0.15, 0.2) is 48.5 Å². The highest BCUT2D eigenvalue weighted by Crippen LogP contribution is 2.44. The van der Waals surface area contributed by atoms with Crippen LogP contribution in [-0.2, 0) is 14.3 Å². The Morgan fingerprint density at radius 1 is 1.06 bits per heavy atom. The minimum atomic E-state index is -0.895. The van der Waals surface area contributed by atoms with Crippen molar-refractivity contribution in [1.82, 2.24) is 10.6 Å². The van der Waals surface area contributed by atoms with Crippen LogP contribution in [0.2, 0.25) is 0 Å². The van der Waals surface area contributed by atoms with Crippen LogP contribution >= 0.6 is 11.8 Å². The van der Waals surface area contributed by atoms with Crippen molar-refractivity contribution < 1.29 is 24.2 Å². The number of carboxylic acid groups (broad SMARTS) is 1. The van der Waals surface area contributed by atoms with Crippen molar-refractivity contribution in [2.75, 3.05) is 18.6 Å². The second-order valence-electron chi connectivity index (χ2n) is 8.79. The van der Waals surface area contributed by atoms with Gasteiger partial charge in [-0.25, -0.2) is 4.79 Å². The van der Waals surface area contributed by atoms with Gasteiger partial charge in [-0.1, -0.05) is 55.0 Å². The lowest BCUT2D eigenvalue weighted by atomic mass is 9.98. The van der Waals surface area contributed by atoms with Gasteiger partial charge in [-0.3, -0.25) is 9.59 Å². The monoisotopic (exact) mass is 482 g/mol. The Kier molecular flexibility index (Phi) is 7.77. The third kappa shape index (κ3) is 5.22. The predicted octanol–water partition coefficient (Wildman–Crippen LogP) is 4.02. The van der Waals surface area contributed by atoms with Gasteiger partial charge in [0.2, 0.25) is 5.91 Å². The van der Waals surface area contributed by atoms with Gasteiger partial charge in [0, 0.05) is 12.0 Å². The molecule has 0 aromatic heterocycles. The van der Waals surface area contributed by atoms with E-state index in [1.165, 1.54) is 0 Å². The highest BCUT2D eigenvalue weighted by molar-refractivity contribution is 7.98. The Bertz CT molecular complexity index is 1010. The lowest BCUT2D eigenvalue weighted by Crippen LogP contribution is -2.51. The van der Waals surface area contributed by atoms with Crippen LogP contribution in [0.5, 0.6) is 0 Å². The molecule has 180 valence electrons. The van der Waals surface area contributed by atoms with E-state index in [2.05, 4.69) is 34.9 Å². The number of benzene rings is 2. The molecule has 4 rings (SSSR count). The number of rotatable bonds is 9. The van der Waals surface area contributed by atoms with Gasteiger partial charge in [0.1, 0.15) is 12.6 Å². The zero-order valence-corrected chi connectivity index (χ0v) is 20.0. The number of carbonyl (C=O) groups is 3. The number of fused-ring (bicyclic) bond motifs is 3. The van der Waals surface area contributed by atoms with Crippen molar-refractivity contribution in [2.24, 2.45) is 5.92 Å². The fourth-order valence-corrected chi connectivity index (χ4v) is 5.47. The van der Waals surface area contributed by atoms with Crippen LogP contribution in [-0.4, -0.2) is 53.8 Å². The number of hydrogen-bond donors (Lipinski definition) is 3. The maximum Gasteiger partial charge on any atom is 0.407 e. The summed E-state index contributed by atoms with van der Waals surface area (Å²) in [5, 5.41) is 14.9. The molecule has 2 aliphatic rings. The Balaban J connectivity index is 1.39. The van der Waals surface area contributed by atoms with Gasteiger partial charge in [0.25, 0.3) is 0 Å². The third-order valence-corrected chi connectivity index (χ3v) is 7.37. The predicted molar refractivity (Wildman–Crippen MR) is 132 cm³/mol. The number of carbonyl (C=O) groups excluding carboxylic acids is 2. The van der Waals surface area contributed by atoms with E-state index in [9.17, 15) is 19.5 Å². The SMILES string of the molecule is CSCCC(NC(=O)OCC1c2ccccc2-c2ccccc21)C(=O)N[C@@H]1CCC[C@@H]1C(=O)O. The van der Waals surface area contributed by atoms with Gasteiger partial charge in [0.15, 0.2) is 0 Å². The van der Waals surface area contributed by atoms with Crippen molar-refractivity contribution in [3.63, 3.8) is 0 Å². The summed E-state index contributed by atoms with van der Waals surface area (Å²) in [6.45, 7) is 0.167. The van der Waals surface area contributed by atoms with Crippen LogP contribution in [0.25, 0.3) is 11.1 Å². The van der Waals surface area contributed by atoms with E-state index in [1.807, 2.05) is 30.5 Å². The lowest BCUT2D eigenvalue weighted by molar-refractivity contribution is -0.142. The van der Waals surface area contributed by atoms with Crippen LogP contribution in [0.3, 0.4) is 0 Å². The number of amides is 2. The number of alkyl carbamates (subject to hydrolysis) is 1. The van der Waals surface area contributed by atoms with Gasteiger partial charge in [-0.15, -0.1) is 0 Å². The van der Waals surface area contributed by atoms with Gasteiger partial charge < -0.3 is 20.5 Å². The molecule has 8 heteroatoms. The van der Waals surface area contributed by atoms with Crippen molar-refractivity contribution in [2.45, 2.75) is 43.7 Å². The van der Waals surface area contributed by atoms with Gasteiger partial charge in [-0.05, 0) is 53.5 Å². The van der Waals surface area contributed by atoms with Gasteiger partial charge in [0.05, 0.1) is 5.92 Å². The Morgan fingerprint density at radius 3 is 2.32 bits per heavy atom. The van der Waals surface area contributed by atoms with E-state index in [-0.39, 0.29) is 18.4 Å². The van der Waals surface area contributed by atoms with Crippen LogP contribution < -0.4 is 10.6 Å². The summed E-state index contributed by atoms with van der Waals surface area (Å²) in [5.74, 6) is -1.23. The molecule has 3 N–H and O–H groups in total. The molecule has 0 bridgehead atoms. The minimum Gasteiger partial charge on any atom is -0.481 e. The average Bonchev–Trinajstić information content (AvgIpc) is 3.43. The molecule has 0 spiro atoms. The van der Waals surface area contributed by atoms with Crippen molar-refractivity contribution in [3.8, 4) is 11.1 Å². The van der Waals surface area contributed by atoms with Crippen molar-refractivity contribution in [1.29, 1.82) is 0 Å². The fourth-order valence-electron chi connectivity index (χ4n) is 5.00. The average molecular weight is 483 g/mol. The number of hydrogen-bond acceptors (Lipinski definition) is 5. The standard InChI is InChI=1S/C26H30N2O5S/c1-34-14-13-23(24(29)27-22-12-6-11-20(22)25(30)31)28-26(32)33-15-21-18-9-4-2-7-16(18)17-8-3-5-10-19(17)21/h2-5,7-10,20-23H,6,11-15H2,1H3,(H,27,29)(H,28,32)(H,30,31)/t20-,22+,23?/m0/s1. The molecule has 0 saturated heterocycles. The van der Waals surface area contributed by atoms with E-state index in [0.717, 1.165) is 28.7 Å². The first-order valence-electron chi connectivity index (χ1n) is 11.6. The molecule has 2 aromatic rings. The maximum atomic E-state index is 12.9. The number of thioether (sulfide) groups is 1. The molecule has 0 aliphatic heterocycles. The molecule has 0 heterocycles. The van der Waals surface area contributed by atoms with Crippen LogP contribution in [0.1, 0.15) is 42.7 Å². The quantitative estimate of drug-likeness (QED) is 0.499. The number of carboxylic acids is 1. The molecule has 1 saturated carbocycles. The Labute approximate surface area is 203 Å². The van der Waals surface area contributed by atoms with Crippen LogP contribution in [0.4, 0.5) is 4.79 Å². The summed E-state index contributed by atoms with van der Waals surface area (Å²) in [6.07, 6.45) is 3.65. The molecule has 1 unspecified atom stereocenters. The van der Waals surface area contributed by atoms with Gasteiger partial charge >= 0.3 is 12.1 Å². The molecule has 3 atom stereocenters. The highest BCUT2D eigenvalue weighted by atomic mass is 32.2. The van der Waals surface area contributed by atoms with Gasteiger partial charge in [-0.2, -0.15) is 11.8 Å². The Hall–Kier alpha value is -3.00. The summed E-state index contributed by atoms with van der Waals surface area (Å²) in [7, 11) is 0. The number of nitrogens with one attached hydrogen (secondary N) is 2. The smallest absolute Gasteiger partial charge is 0.407 e. The number of aliphatic carboxylic acids is 1. The lowest BCUT2D eigenvalue weighted by Gasteiger charge is -2.23. The van der Waals surface area contributed by atoms with E-state index in [1.54, 1.807) is 11.8 Å². The summed E-state index contributed by atoms with van der Waals surface area (Å²) in [6, 6.07) is 15.0. The van der Waals surface area contributed by atoms with E-state index < -0.39 is 30.1 Å². The van der Waals surface area contributed by atoms with E-state index in [4.69, 9.17) is 4.74 Å². The minimum absolute atomic E-state index is 0.0635. The topological polar surface area (TPSA) is 105 Å². The molecule has 2 aliphatic carbocycles. The molecule has 1 fully saturated rings. The van der Waals surface area contributed by atoms with Crippen LogP contribution in [0, 0.1) is 5.92 Å². The van der Waals surface area contributed by atoms with Crippen molar-refractivity contribution >= 4 is 29.7 Å². The number of ether oxygens (including phenoxy) is 1. The zero-order valence-electron chi connectivity index (χ0n) is 19.2. The Morgan fingerprint density at radius 2 is 1.71 bits per heavy atom. The molecule has 2 amide bonds. The summed E-state index contributed by atoms with van der Waals surface area (Å²) >= 11 is 1.57. The highest BCUT2D eigenvalue weighted by Gasteiger charge is 2.35. The second kappa shape index (κ2) is 11.0. The molecule has 0 radical (unpaired) electrons. The first-order chi connectivity index (χ1) is 16.5. The van der Waals surface area contributed by atoms with E-state index >= 15 is 0 Å². The third-order valence-electron chi connectivity index (χ3n) is 6.72. The second-order valence-corrected chi connectivity index (χ2v) is 9.78. The normalized spacial score (nSPS) is 19.7. The van der Waals surface area contributed by atoms with E-state index in [0.29, 0.717) is 25.0 Å². The maximum absolute atomic E-state index is 12.9. The molecular formula is C26H30N2O5S. The summed E-state index contributed by atoms with van der Waals surface area (Å²) in [4.78, 5) is 37.1. The first kappa shape index (κ1) is 24.1. The molecule has 2 aromatic carbocycles. The largest absolute Gasteiger partial charge is 0.481 e. The zero-order chi connectivity index (χ0) is 24.1. The molecular weight excluding hydrogens is 452 g/mol. The summed E-state index contributed by atoms with van der Waals surface area (Å²) in [5.41, 5.74) is 4.53.